The van der Waals surface area contributed by atoms with Crippen LogP contribution in [-0.2, 0) is 24.0 Å². The van der Waals surface area contributed by atoms with Gasteiger partial charge in [0.1, 0.15) is 0 Å². The minimum absolute atomic E-state index is 0.108. The Kier molecular flexibility index (Phi) is 4.72. The van der Waals surface area contributed by atoms with Crippen molar-refractivity contribution < 1.29 is 20.7 Å². The molecule has 1 aliphatic heterocycles. The van der Waals surface area contributed by atoms with Crippen LogP contribution in [-0.4, -0.2) is 22.2 Å². The predicted octanol–water partition coefficient (Wildman–Crippen LogP) is 4.91. The molecule has 2 heterocycles. The van der Waals surface area contributed by atoms with Gasteiger partial charge >= 0.3 is 6.18 Å². The van der Waals surface area contributed by atoms with Crippen LogP contribution in [0.15, 0.2) is 18.2 Å². The lowest BCUT2D eigenvalue weighted by Gasteiger charge is -2.30. The van der Waals surface area contributed by atoms with Crippen LogP contribution < -0.4 is 10.2 Å². The summed E-state index contributed by atoms with van der Waals surface area (Å²) in [6, 6.07) is 4.26. The zero-order chi connectivity index (χ0) is 23.4. The molecule has 2 aromatic rings. The van der Waals surface area contributed by atoms with E-state index in [1.54, 1.807) is 12.1 Å². The number of carbonyl (C=O) groups is 1. The Labute approximate surface area is 171 Å². The van der Waals surface area contributed by atoms with Crippen LogP contribution in [0, 0.1) is 19.3 Å². The molecule has 3 rings (SSSR count). The first-order valence-electron chi connectivity index (χ1n) is 10.4. The number of aromatic nitrogens is 2. The molecular formula is C21H27F3N4O. The molecule has 29 heavy (non-hydrogen) atoms. The molecule has 0 spiro atoms. The van der Waals surface area contributed by atoms with Gasteiger partial charge in [-0.25, -0.2) is 0 Å². The maximum Gasteiger partial charge on any atom is 0.435 e. The zero-order valence-corrected chi connectivity index (χ0v) is 17.2. The summed E-state index contributed by atoms with van der Waals surface area (Å²) in [4.78, 5) is 13.8. The van der Waals surface area contributed by atoms with Crippen molar-refractivity contribution in [2.24, 2.45) is 5.41 Å². The van der Waals surface area contributed by atoms with Crippen LogP contribution in [0.5, 0.6) is 0 Å². The number of hydrogen-bond acceptors (Lipinski definition) is 3. The number of hydrogen-bond donors (Lipinski definition) is 1. The number of nitrogens with one attached hydrogen (secondary N) is 1. The van der Waals surface area contributed by atoms with Gasteiger partial charge in [0.05, 0.1) is 21.5 Å². The van der Waals surface area contributed by atoms with Crippen molar-refractivity contribution in [3.8, 4) is 0 Å². The molecular weight excluding hydrogens is 381 g/mol. The number of halogens is 3. The molecule has 158 valence electrons. The van der Waals surface area contributed by atoms with E-state index >= 15 is 0 Å². The maximum absolute atomic E-state index is 13.1. The predicted molar refractivity (Wildman–Crippen MR) is 107 cm³/mol. The normalized spacial score (nSPS) is 17.4. The van der Waals surface area contributed by atoms with E-state index in [9.17, 15) is 18.0 Å². The van der Waals surface area contributed by atoms with Gasteiger partial charge in [-0.2, -0.15) is 18.3 Å². The van der Waals surface area contributed by atoms with Gasteiger partial charge in [0.2, 0.25) is 5.91 Å². The number of amides is 1. The van der Waals surface area contributed by atoms with E-state index in [-0.39, 0.29) is 30.1 Å². The van der Waals surface area contributed by atoms with Crippen molar-refractivity contribution in [2.75, 3.05) is 16.8 Å². The Balaban J connectivity index is 1.91. The Morgan fingerprint density at radius 3 is 2.34 bits per heavy atom. The summed E-state index contributed by atoms with van der Waals surface area (Å²) in [5.41, 5.74) is 1.32. The zero-order valence-electron chi connectivity index (χ0n) is 19.2. The van der Waals surface area contributed by atoms with Crippen LogP contribution in [0.2, 0.25) is 0 Å². The Hall–Kier alpha value is -2.51. The van der Waals surface area contributed by atoms with Gasteiger partial charge in [-0.05, 0) is 48.6 Å². The second-order valence-corrected chi connectivity index (χ2v) is 8.64. The van der Waals surface area contributed by atoms with E-state index in [0.29, 0.717) is 17.8 Å². The molecule has 1 aliphatic rings. The van der Waals surface area contributed by atoms with Crippen LogP contribution in [0.4, 0.5) is 24.5 Å². The Bertz CT molecular complexity index is 986. The minimum Gasteiger partial charge on any atom is -0.364 e. The number of carbonyl (C=O) groups excluding carboxylic acids is 1. The van der Waals surface area contributed by atoms with E-state index in [2.05, 4.69) is 10.4 Å². The Morgan fingerprint density at radius 1 is 1.17 bits per heavy atom. The molecule has 5 nitrogen and oxygen atoms in total. The summed E-state index contributed by atoms with van der Waals surface area (Å²) in [7, 11) is 0. The third-order valence-corrected chi connectivity index (χ3v) is 4.64. The summed E-state index contributed by atoms with van der Waals surface area (Å²) in [6.07, 6.45) is -4.28. The highest BCUT2D eigenvalue weighted by atomic mass is 19.4. The lowest BCUT2D eigenvalue weighted by Crippen LogP contribution is -2.34. The number of benzene rings is 1. The molecule has 1 N–H and O–H groups in total. The van der Waals surface area contributed by atoms with Gasteiger partial charge in [0, 0.05) is 24.3 Å². The molecule has 0 fully saturated rings. The standard InChI is InChI=1S/C21H27F3N4O/c1-13-8-15(9-14(2)19(13)25-18(29)11-20(3,4)5)27-6-7-28-16(12-27)10-17(26-28)21(22,23)24/h8-10H,6-7,11-12H2,1-5H3,(H,25,29)/i12D2. The highest BCUT2D eigenvalue weighted by Gasteiger charge is 2.35. The van der Waals surface area contributed by atoms with Crippen LogP contribution in [0.25, 0.3) is 0 Å². The molecule has 0 saturated heterocycles. The van der Waals surface area contributed by atoms with Gasteiger partial charge in [-0.3, -0.25) is 9.48 Å². The summed E-state index contributed by atoms with van der Waals surface area (Å²) in [5, 5.41) is 6.47. The number of anilines is 2. The summed E-state index contributed by atoms with van der Waals surface area (Å²) in [5.74, 6) is -0.108. The third kappa shape index (κ3) is 4.92. The van der Waals surface area contributed by atoms with E-state index in [1.807, 2.05) is 34.6 Å². The van der Waals surface area contributed by atoms with E-state index < -0.39 is 18.4 Å². The monoisotopic (exact) mass is 410 g/mol. The van der Waals surface area contributed by atoms with Crippen LogP contribution in [0.3, 0.4) is 0 Å². The first kappa shape index (κ1) is 18.5. The molecule has 0 atom stereocenters. The minimum atomic E-state index is -4.63. The fourth-order valence-electron chi connectivity index (χ4n) is 3.36. The molecule has 1 aromatic heterocycles. The summed E-state index contributed by atoms with van der Waals surface area (Å²) in [6.45, 7) is 7.67. The second kappa shape index (κ2) is 7.39. The van der Waals surface area contributed by atoms with Gasteiger partial charge in [-0.15, -0.1) is 0 Å². The molecule has 1 aromatic carbocycles. The smallest absolute Gasteiger partial charge is 0.364 e. The highest BCUT2D eigenvalue weighted by molar-refractivity contribution is 5.93. The molecule has 0 saturated carbocycles. The van der Waals surface area contributed by atoms with Gasteiger partial charge in [0.25, 0.3) is 0 Å². The Morgan fingerprint density at radius 2 is 1.79 bits per heavy atom. The average Bonchev–Trinajstić information content (AvgIpc) is 3.02. The number of nitrogens with zero attached hydrogens (tertiary/aromatic N) is 3. The number of aryl methyl sites for hydroxylation is 2. The maximum atomic E-state index is 13.1. The summed E-state index contributed by atoms with van der Waals surface area (Å²) >= 11 is 0. The first-order valence-corrected chi connectivity index (χ1v) is 9.44. The largest absolute Gasteiger partial charge is 0.435 e. The van der Waals surface area contributed by atoms with Crippen molar-refractivity contribution in [2.45, 2.75) is 60.3 Å². The van der Waals surface area contributed by atoms with E-state index in [1.165, 1.54) is 4.90 Å². The fraction of sp³-hybridized carbons (Fsp3) is 0.524. The van der Waals surface area contributed by atoms with Crippen molar-refractivity contribution in [1.82, 2.24) is 9.78 Å². The highest BCUT2D eigenvalue weighted by Crippen LogP contribution is 2.33. The van der Waals surface area contributed by atoms with Crippen molar-refractivity contribution >= 4 is 17.3 Å². The fourth-order valence-corrected chi connectivity index (χ4v) is 3.36. The number of rotatable bonds is 3. The van der Waals surface area contributed by atoms with Crippen molar-refractivity contribution in [3.63, 3.8) is 0 Å². The van der Waals surface area contributed by atoms with Gasteiger partial charge in [-0.1, -0.05) is 20.8 Å². The molecule has 1 amide bonds. The molecule has 0 aliphatic carbocycles. The molecule has 0 unspecified atom stereocenters. The number of fused-ring (bicyclic) bond motifs is 1. The molecule has 0 bridgehead atoms. The quantitative estimate of drug-likeness (QED) is 0.782. The topological polar surface area (TPSA) is 50.2 Å². The van der Waals surface area contributed by atoms with Gasteiger partial charge in [0.15, 0.2) is 5.69 Å². The summed E-state index contributed by atoms with van der Waals surface area (Å²) < 4.78 is 57.3. The van der Waals surface area contributed by atoms with Crippen molar-refractivity contribution in [3.05, 3.63) is 40.7 Å². The first-order chi connectivity index (χ1) is 14.1. The number of alkyl halides is 3. The van der Waals surface area contributed by atoms with Crippen LogP contribution >= 0.6 is 0 Å². The molecule has 0 radical (unpaired) electrons. The van der Waals surface area contributed by atoms with E-state index in [0.717, 1.165) is 21.9 Å². The lowest BCUT2D eigenvalue weighted by atomic mass is 9.92. The van der Waals surface area contributed by atoms with Gasteiger partial charge < -0.3 is 10.2 Å². The second-order valence-electron chi connectivity index (χ2n) is 8.64. The van der Waals surface area contributed by atoms with E-state index in [4.69, 9.17) is 2.74 Å². The third-order valence-electron chi connectivity index (χ3n) is 4.64. The lowest BCUT2D eigenvalue weighted by molar-refractivity contribution is -0.141. The van der Waals surface area contributed by atoms with Crippen LogP contribution in [0.1, 0.15) is 52.4 Å². The average molecular weight is 410 g/mol. The van der Waals surface area contributed by atoms with Crippen molar-refractivity contribution in [1.29, 1.82) is 0 Å². The SMILES string of the molecule is [2H]C1([2H])c2cc(C(F)(F)F)nn2CCN1c1cc(C)c(NC(=O)CC(C)(C)C)c(C)c1. The molecule has 8 heteroatoms.